The molecule has 0 aliphatic carbocycles. The molecule has 0 saturated carbocycles. The van der Waals surface area contributed by atoms with Gasteiger partial charge in [0.25, 0.3) is 0 Å². The molecule has 10 heavy (non-hydrogen) atoms. The van der Waals surface area contributed by atoms with Crippen molar-refractivity contribution in [1.29, 1.82) is 0 Å². The lowest BCUT2D eigenvalue weighted by atomic mass is 9.87. The third-order valence-corrected chi connectivity index (χ3v) is 1.66. The van der Waals surface area contributed by atoms with E-state index in [-0.39, 0.29) is 11.5 Å². The van der Waals surface area contributed by atoms with E-state index in [0.29, 0.717) is 5.84 Å². The van der Waals surface area contributed by atoms with Gasteiger partial charge in [-0.05, 0) is 0 Å². The van der Waals surface area contributed by atoms with Crippen LogP contribution in [0.1, 0.15) is 27.2 Å². The minimum Gasteiger partial charge on any atom is -0.390 e. The molecule has 0 spiro atoms. The molecule has 3 heteroatoms. The molecule has 0 radical (unpaired) electrons. The van der Waals surface area contributed by atoms with E-state index in [2.05, 4.69) is 25.9 Å². The van der Waals surface area contributed by atoms with Gasteiger partial charge in [-0.3, -0.25) is 0 Å². The zero-order valence-electron chi connectivity index (χ0n) is 6.72. The van der Waals surface area contributed by atoms with Crippen LogP contribution >= 0.6 is 0 Å². The maximum absolute atomic E-state index is 5.45. The molecule has 1 heterocycles. The van der Waals surface area contributed by atoms with Crippen molar-refractivity contribution < 1.29 is 4.84 Å². The number of oxime groups is 1. The van der Waals surface area contributed by atoms with Gasteiger partial charge in [0.1, 0.15) is 11.9 Å². The molecule has 0 aromatic carbocycles. The summed E-state index contributed by atoms with van der Waals surface area (Å²) in [5.74, 6) is 0.611. The van der Waals surface area contributed by atoms with Crippen molar-refractivity contribution in [3.8, 4) is 0 Å². The van der Waals surface area contributed by atoms with Gasteiger partial charge in [0.05, 0.1) is 0 Å². The van der Waals surface area contributed by atoms with Gasteiger partial charge in [-0.15, -0.1) is 0 Å². The van der Waals surface area contributed by atoms with Crippen LogP contribution in [0, 0.1) is 5.41 Å². The zero-order chi connectivity index (χ0) is 7.78. The fourth-order valence-corrected chi connectivity index (χ4v) is 0.860. The summed E-state index contributed by atoms with van der Waals surface area (Å²) in [7, 11) is 0. The van der Waals surface area contributed by atoms with E-state index in [1.165, 1.54) is 0 Å². The average Bonchev–Trinajstić information content (AvgIpc) is 2.11. The Morgan fingerprint density at radius 3 is 2.40 bits per heavy atom. The van der Waals surface area contributed by atoms with Crippen LogP contribution in [-0.2, 0) is 4.84 Å². The summed E-state index contributed by atoms with van der Waals surface area (Å²) in [6.45, 7) is 6.35. The van der Waals surface area contributed by atoms with E-state index in [1.807, 2.05) is 0 Å². The second-order valence-corrected chi connectivity index (χ2v) is 3.75. The van der Waals surface area contributed by atoms with E-state index >= 15 is 0 Å². The van der Waals surface area contributed by atoms with Gasteiger partial charge in [0, 0.05) is 11.8 Å². The number of hydrogen-bond acceptors (Lipinski definition) is 3. The van der Waals surface area contributed by atoms with Gasteiger partial charge >= 0.3 is 0 Å². The van der Waals surface area contributed by atoms with Gasteiger partial charge < -0.3 is 10.6 Å². The van der Waals surface area contributed by atoms with Gasteiger partial charge in [0.15, 0.2) is 0 Å². The van der Waals surface area contributed by atoms with Gasteiger partial charge in [-0.2, -0.15) is 0 Å². The van der Waals surface area contributed by atoms with Crippen LogP contribution in [0.2, 0.25) is 0 Å². The summed E-state index contributed by atoms with van der Waals surface area (Å²) in [5.41, 5.74) is 5.59. The highest BCUT2D eigenvalue weighted by molar-refractivity contribution is 5.81. The maximum Gasteiger partial charge on any atom is 0.143 e. The average molecular weight is 142 g/mol. The predicted molar refractivity (Wildman–Crippen MR) is 40.6 cm³/mol. The first-order valence-corrected chi connectivity index (χ1v) is 3.48. The predicted octanol–water partition coefficient (Wildman–Crippen LogP) is 1.09. The molecule has 0 fully saturated rings. The molecule has 0 bridgehead atoms. The molecule has 0 unspecified atom stereocenters. The van der Waals surface area contributed by atoms with Crippen LogP contribution in [0.5, 0.6) is 0 Å². The van der Waals surface area contributed by atoms with Gasteiger partial charge in [0.2, 0.25) is 0 Å². The van der Waals surface area contributed by atoms with Crippen molar-refractivity contribution in [2.45, 2.75) is 33.3 Å². The Morgan fingerprint density at radius 1 is 1.60 bits per heavy atom. The quantitative estimate of drug-likeness (QED) is 0.550. The van der Waals surface area contributed by atoms with Crippen LogP contribution in [0.25, 0.3) is 0 Å². The molecular formula is C7H14N2O. The van der Waals surface area contributed by atoms with Crippen molar-refractivity contribution in [3.63, 3.8) is 0 Å². The highest BCUT2D eigenvalue weighted by Gasteiger charge is 2.31. The third kappa shape index (κ3) is 1.40. The number of nitrogens with zero attached hydrogens (tertiary/aromatic N) is 1. The Morgan fingerprint density at radius 2 is 2.20 bits per heavy atom. The summed E-state index contributed by atoms with van der Waals surface area (Å²) in [6, 6.07) is 0. The maximum atomic E-state index is 5.45. The van der Waals surface area contributed by atoms with Crippen LogP contribution < -0.4 is 5.73 Å². The summed E-state index contributed by atoms with van der Waals surface area (Å²) >= 11 is 0. The summed E-state index contributed by atoms with van der Waals surface area (Å²) in [6.07, 6.45) is 0.927. The second-order valence-electron chi connectivity index (χ2n) is 3.75. The van der Waals surface area contributed by atoms with Crippen molar-refractivity contribution in [2.75, 3.05) is 0 Å². The Bertz CT molecular complexity index is 157. The molecule has 0 saturated heterocycles. The van der Waals surface area contributed by atoms with Crippen LogP contribution in [0.15, 0.2) is 5.16 Å². The van der Waals surface area contributed by atoms with Crippen molar-refractivity contribution >= 4 is 5.84 Å². The molecule has 1 rings (SSSR count). The molecule has 0 aromatic heterocycles. The van der Waals surface area contributed by atoms with Crippen LogP contribution in [0.4, 0.5) is 0 Å². The second kappa shape index (κ2) is 2.15. The fraction of sp³-hybridized carbons (Fsp3) is 0.857. The lowest BCUT2D eigenvalue weighted by Gasteiger charge is -2.23. The monoisotopic (exact) mass is 142 g/mol. The smallest absolute Gasteiger partial charge is 0.143 e. The largest absolute Gasteiger partial charge is 0.390 e. The van der Waals surface area contributed by atoms with E-state index in [1.54, 1.807) is 0 Å². The first-order valence-electron chi connectivity index (χ1n) is 3.48. The van der Waals surface area contributed by atoms with Crippen molar-refractivity contribution in [3.05, 3.63) is 0 Å². The lowest BCUT2D eigenvalue weighted by molar-refractivity contribution is 0.00831. The topological polar surface area (TPSA) is 47.6 Å². The molecule has 1 aliphatic heterocycles. The molecule has 2 N–H and O–H groups in total. The summed E-state index contributed by atoms with van der Waals surface area (Å²) in [5, 5.41) is 3.68. The molecule has 3 nitrogen and oxygen atoms in total. The first-order chi connectivity index (χ1) is 4.50. The molecule has 0 amide bonds. The lowest BCUT2D eigenvalue weighted by Crippen LogP contribution is -2.27. The highest BCUT2D eigenvalue weighted by Crippen LogP contribution is 2.27. The number of rotatable bonds is 0. The summed E-state index contributed by atoms with van der Waals surface area (Å²) < 4.78 is 0. The fourth-order valence-electron chi connectivity index (χ4n) is 0.860. The van der Waals surface area contributed by atoms with E-state index < -0.39 is 0 Å². The zero-order valence-corrected chi connectivity index (χ0v) is 6.72. The molecule has 1 aliphatic rings. The van der Waals surface area contributed by atoms with Gasteiger partial charge in [-0.25, -0.2) is 0 Å². The normalized spacial score (nSPS) is 25.9. The molecular weight excluding hydrogens is 128 g/mol. The van der Waals surface area contributed by atoms with Crippen molar-refractivity contribution in [2.24, 2.45) is 16.3 Å². The highest BCUT2D eigenvalue weighted by atomic mass is 16.6. The van der Waals surface area contributed by atoms with Gasteiger partial charge in [-0.1, -0.05) is 25.9 Å². The third-order valence-electron chi connectivity index (χ3n) is 1.66. The van der Waals surface area contributed by atoms with Crippen LogP contribution in [0.3, 0.4) is 0 Å². The first kappa shape index (κ1) is 7.38. The Labute approximate surface area is 61.2 Å². The van der Waals surface area contributed by atoms with Crippen molar-refractivity contribution in [1.82, 2.24) is 0 Å². The Balaban J connectivity index is 2.50. The Kier molecular flexibility index (Phi) is 1.58. The minimum atomic E-state index is 0.143. The van der Waals surface area contributed by atoms with E-state index in [0.717, 1.165) is 6.42 Å². The Hall–Kier alpha value is -0.730. The molecule has 1 atom stereocenters. The number of amidine groups is 1. The van der Waals surface area contributed by atoms with E-state index in [4.69, 9.17) is 10.6 Å². The molecule has 58 valence electrons. The SMILES string of the molecule is CC(C)(C)[C@@H]1CC(N)=NO1. The summed E-state index contributed by atoms with van der Waals surface area (Å²) in [4.78, 5) is 5.09. The standard InChI is InChI=1S/C7H14N2O/c1-7(2,3)5-4-6(8)9-10-5/h5H,4H2,1-3H3,(H2,8,9)/t5-/m0/s1. The van der Waals surface area contributed by atoms with E-state index in [9.17, 15) is 0 Å². The molecule has 0 aromatic rings. The number of nitrogens with two attached hydrogens (primary N) is 1. The number of hydrogen-bond donors (Lipinski definition) is 1. The van der Waals surface area contributed by atoms with Crippen LogP contribution in [-0.4, -0.2) is 11.9 Å². The minimum absolute atomic E-state index is 0.143.